The summed E-state index contributed by atoms with van der Waals surface area (Å²) in [4.78, 5) is 3.21. The van der Waals surface area contributed by atoms with E-state index >= 15 is 0 Å². The lowest BCUT2D eigenvalue weighted by Gasteiger charge is -2.33. The third-order valence-corrected chi connectivity index (χ3v) is 4.98. The average molecular weight is 278 g/mol. The largest absolute Gasteiger partial charge is 0.598 e. The summed E-state index contributed by atoms with van der Waals surface area (Å²) in [5.74, 6) is 0. The fraction of sp³-hybridized carbons (Fsp3) is 0.467. The van der Waals surface area contributed by atoms with E-state index in [1.54, 1.807) is 0 Å². The second-order valence-corrected chi connectivity index (χ2v) is 8.32. The van der Waals surface area contributed by atoms with Gasteiger partial charge in [0.05, 0.1) is 5.54 Å². The molecule has 0 amide bonds. The highest BCUT2D eigenvalue weighted by Gasteiger charge is 2.34. The Morgan fingerprint density at radius 1 is 1.11 bits per heavy atom. The molecule has 0 saturated heterocycles. The van der Waals surface area contributed by atoms with Crippen molar-refractivity contribution in [2.24, 2.45) is 0 Å². The molecule has 2 aromatic rings. The third kappa shape index (κ3) is 2.96. The van der Waals surface area contributed by atoms with Crippen molar-refractivity contribution < 1.29 is 4.55 Å². The van der Waals surface area contributed by atoms with Gasteiger partial charge in [-0.05, 0) is 52.3 Å². The number of H-pyrrole nitrogens is 1. The van der Waals surface area contributed by atoms with Crippen molar-refractivity contribution >= 4 is 22.3 Å². The predicted molar refractivity (Wildman–Crippen MR) is 82.4 cm³/mol. The topological polar surface area (TPSA) is 50.9 Å². The molecular formula is C15H22N2OS. The van der Waals surface area contributed by atoms with E-state index in [0.29, 0.717) is 0 Å². The number of fused-ring (bicyclic) bond motifs is 1. The standard InChI is InChI=1S/C15H22N2OS/c1-14(2,3)19(18)17-15(4,5)12-7-6-8-13-11(12)9-10-16-13/h6-10,16-17H,1-5H3/t19-/m0/s1. The molecule has 1 atom stereocenters. The van der Waals surface area contributed by atoms with E-state index in [4.69, 9.17) is 0 Å². The van der Waals surface area contributed by atoms with Gasteiger partial charge in [0.15, 0.2) is 0 Å². The smallest absolute Gasteiger partial charge is 0.136 e. The van der Waals surface area contributed by atoms with Crippen molar-refractivity contribution in [2.75, 3.05) is 0 Å². The number of hydrogen-bond donors (Lipinski definition) is 2. The molecular weight excluding hydrogens is 256 g/mol. The summed E-state index contributed by atoms with van der Waals surface area (Å²) in [5, 5.41) is 1.17. The number of aromatic nitrogens is 1. The van der Waals surface area contributed by atoms with E-state index in [1.807, 2.05) is 33.0 Å². The third-order valence-electron chi connectivity index (χ3n) is 3.17. The van der Waals surface area contributed by atoms with Gasteiger partial charge < -0.3 is 9.54 Å². The summed E-state index contributed by atoms with van der Waals surface area (Å²) >= 11 is -1.10. The highest BCUT2D eigenvalue weighted by atomic mass is 32.2. The minimum Gasteiger partial charge on any atom is -0.598 e. The molecule has 19 heavy (non-hydrogen) atoms. The van der Waals surface area contributed by atoms with Crippen LogP contribution in [0.25, 0.3) is 10.9 Å². The maximum atomic E-state index is 12.3. The van der Waals surface area contributed by atoms with Gasteiger partial charge in [0, 0.05) is 28.5 Å². The van der Waals surface area contributed by atoms with Gasteiger partial charge in [-0.3, -0.25) is 0 Å². The Bertz CT molecular complexity index is 569. The molecule has 0 saturated carbocycles. The quantitative estimate of drug-likeness (QED) is 0.845. The van der Waals surface area contributed by atoms with Crippen LogP contribution in [-0.4, -0.2) is 14.3 Å². The zero-order valence-electron chi connectivity index (χ0n) is 12.2. The first-order valence-electron chi connectivity index (χ1n) is 6.48. The molecule has 0 radical (unpaired) electrons. The zero-order chi connectivity index (χ0) is 14.3. The lowest BCUT2D eigenvalue weighted by Crippen LogP contribution is -2.48. The number of aromatic amines is 1. The van der Waals surface area contributed by atoms with Crippen LogP contribution in [-0.2, 0) is 16.9 Å². The van der Waals surface area contributed by atoms with Crippen molar-refractivity contribution in [1.29, 1.82) is 0 Å². The summed E-state index contributed by atoms with van der Waals surface area (Å²) in [6.07, 6.45) is 1.94. The minimum atomic E-state index is -1.10. The Hall–Kier alpha value is -0.970. The summed E-state index contributed by atoms with van der Waals surface area (Å²) in [6.45, 7) is 10.1. The molecule has 3 nitrogen and oxygen atoms in total. The summed E-state index contributed by atoms with van der Waals surface area (Å²) in [5.41, 5.74) is 1.91. The first-order valence-corrected chi connectivity index (χ1v) is 7.63. The molecule has 0 bridgehead atoms. The monoisotopic (exact) mass is 278 g/mol. The van der Waals surface area contributed by atoms with Crippen LogP contribution in [0.2, 0.25) is 0 Å². The van der Waals surface area contributed by atoms with Crippen LogP contribution in [0.3, 0.4) is 0 Å². The average Bonchev–Trinajstić information content (AvgIpc) is 2.74. The van der Waals surface area contributed by atoms with Gasteiger partial charge in [0.2, 0.25) is 0 Å². The van der Waals surface area contributed by atoms with Gasteiger partial charge in [0.1, 0.15) is 4.75 Å². The maximum Gasteiger partial charge on any atom is 0.136 e. The van der Waals surface area contributed by atoms with E-state index in [0.717, 1.165) is 11.1 Å². The van der Waals surface area contributed by atoms with E-state index in [-0.39, 0.29) is 10.3 Å². The second-order valence-electron chi connectivity index (χ2n) is 6.35. The molecule has 0 spiro atoms. The molecule has 0 fully saturated rings. The van der Waals surface area contributed by atoms with Crippen molar-refractivity contribution in [2.45, 2.75) is 44.9 Å². The van der Waals surface area contributed by atoms with Gasteiger partial charge in [-0.25, -0.2) is 0 Å². The highest BCUT2D eigenvalue weighted by Crippen LogP contribution is 2.30. The van der Waals surface area contributed by atoms with Gasteiger partial charge in [0.25, 0.3) is 0 Å². The highest BCUT2D eigenvalue weighted by molar-refractivity contribution is 7.90. The minimum absolute atomic E-state index is 0.274. The molecule has 104 valence electrons. The van der Waals surface area contributed by atoms with Crippen molar-refractivity contribution in [3.8, 4) is 0 Å². The van der Waals surface area contributed by atoms with E-state index in [2.05, 4.69) is 41.8 Å². The molecule has 0 aliphatic heterocycles. The van der Waals surface area contributed by atoms with Crippen LogP contribution in [0.5, 0.6) is 0 Å². The van der Waals surface area contributed by atoms with Crippen LogP contribution in [0.1, 0.15) is 40.2 Å². The molecule has 4 heteroatoms. The number of hydrogen-bond acceptors (Lipinski definition) is 2. The summed E-state index contributed by atoms with van der Waals surface area (Å²) < 4.78 is 15.3. The Morgan fingerprint density at radius 2 is 1.79 bits per heavy atom. The van der Waals surface area contributed by atoms with Crippen molar-refractivity contribution in [3.05, 3.63) is 36.0 Å². The molecule has 1 heterocycles. The van der Waals surface area contributed by atoms with Crippen LogP contribution >= 0.6 is 0 Å². The fourth-order valence-electron chi connectivity index (χ4n) is 2.07. The van der Waals surface area contributed by atoms with Gasteiger partial charge in [-0.1, -0.05) is 12.1 Å². The van der Waals surface area contributed by atoms with Crippen LogP contribution in [0.4, 0.5) is 0 Å². The van der Waals surface area contributed by atoms with Gasteiger partial charge in [-0.2, -0.15) is 0 Å². The Balaban J connectivity index is 2.36. The number of rotatable bonds is 3. The maximum absolute atomic E-state index is 12.3. The van der Waals surface area contributed by atoms with Crippen LogP contribution < -0.4 is 4.72 Å². The molecule has 1 aromatic carbocycles. The lowest BCUT2D eigenvalue weighted by atomic mass is 9.93. The van der Waals surface area contributed by atoms with E-state index in [9.17, 15) is 4.55 Å². The SMILES string of the molecule is CC(C)(N[S@@+]([O-])C(C)(C)C)c1cccc2[nH]ccc12. The summed E-state index contributed by atoms with van der Waals surface area (Å²) in [6, 6.07) is 8.23. The van der Waals surface area contributed by atoms with Crippen molar-refractivity contribution in [3.63, 3.8) is 0 Å². The Morgan fingerprint density at radius 3 is 2.42 bits per heavy atom. The molecule has 0 aliphatic rings. The first kappa shape index (κ1) is 14.4. The molecule has 1 aromatic heterocycles. The van der Waals surface area contributed by atoms with E-state index < -0.39 is 11.4 Å². The predicted octanol–water partition coefficient (Wildman–Crippen LogP) is 3.45. The summed E-state index contributed by atoms with van der Waals surface area (Å²) in [7, 11) is 0. The Kier molecular flexibility index (Phi) is 3.69. The normalized spacial score (nSPS) is 14.8. The fourth-order valence-corrected chi connectivity index (χ4v) is 2.95. The first-order chi connectivity index (χ1) is 8.72. The second kappa shape index (κ2) is 4.85. The van der Waals surface area contributed by atoms with E-state index in [1.165, 1.54) is 5.39 Å². The van der Waals surface area contributed by atoms with Crippen molar-refractivity contribution in [1.82, 2.24) is 9.71 Å². The molecule has 0 aliphatic carbocycles. The molecule has 0 unspecified atom stereocenters. The molecule has 2 N–H and O–H groups in total. The van der Waals surface area contributed by atoms with Gasteiger partial charge in [-0.15, -0.1) is 4.72 Å². The lowest BCUT2D eigenvalue weighted by molar-refractivity contribution is 0.459. The zero-order valence-corrected chi connectivity index (χ0v) is 13.0. The Labute approximate surface area is 118 Å². The molecule has 2 rings (SSSR count). The number of benzene rings is 1. The number of nitrogens with one attached hydrogen (secondary N) is 2. The van der Waals surface area contributed by atoms with Crippen LogP contribution in [0.15, 0.2) is 30.5 Å². The van der Waals surface area contributed by atoms with Crippen LogP contribution in [0, 0.1) is 0 Å². The van der Waals surface area contributed by atoms with Gasteiger partial charge >= 0.3 is 0 Å².